The zero-order chi connectivity index (χ0) is 29.9. The first-order chi connectivity index (χ1) is 17.8. The summed E-state index contributed by atoms with van der Waals surface area (Å²) < 4.78 is 19.7. The van der Waals surface area contributed by atoms with Crippen molar-refractivity contribution in [1.82, 2.24) is 0 Å². The zero-order valence-corrected chi connectivity index (χ0v) is 22.7. The van der Waals surface area contributed by atoms with Gasteiger partial charge in [-0.25, -0.2) is 14.4 Å². The molecule has 38 heavy (non-hydrogen) atoms. The Balaban J connectivity index is -0.000000459. The summed E-state index contributed by atoms with van der Waals surface area (Å²) in [5, 5.41) is 33.2. The molecule has 1 unspecified atom stereocenters. The molecule has 11 heteroatoms. The van der Waals surface area contributed by atoms with Gasteiger partial charge in [-0.15, -0.1) is 0 Å². The van der Waals surface area contributed by atoms with Crippen molar-refractivity contribution in [2.75, 3.05) is 39.6 Å². The number of carbonyl (C=O) groups is 3. The van der Waals surface area contributed by atoms with Gasteiger partial charge in [-0.3, -0.25) is 0 Å². The van der Waals surface area contributed by atoms with Crippen LogP contribution in [0.25, 0.3) is 0 Å². The Morgan fingerprint density at radius 1 is 0.842 bits per heavy atom. The highest BCUT2D eigenvalue weighted by Crippen LogP contribution is 2.02. The molecular weight excluding hydrogens is 500 g/mol. The molecule has 0 saturated heterocycles. The van der Waals surface area contributed by atoms with Crippen LogP contribution in [0.1, 0.15) is 33.3 Å². The zero-order valence-electron chi connectivity index (χ0n) is 22.7. The molecule has 11 nitrogen and oxygen atoms in total. The third kappa shape index (κ3) is 30.7. The van der Waals surface area contributed by atoms with E-state index in [1.54, 1.807) is 13.8 Å². The summed E-state index contributed by atoms with van der Waals surface area (Å²) in [5.41, 5.74) is 1.76. The summed E-state index contributed by atoms with van der Waals surface area (Å²) in [6.45, 7) is 18.2. The molecular formula is C27H42O11. The average Bonchev–Trinajstić information content (AvgIpc) is 2.86. The summed E-state index contributed by atoms with van der Waals surface area (Å²) in [6, 6.07) is 9.55. The van der Waals surface area contributed by atoms with Crippen LogP contribution < -0.4 is 0 Å². The fraction of sp³-hybridized carbons (Fsp3) is 0.444. The van der Waals surface area contributed by atoms with E-state index in [0.717, 1.165) is 5.56 Å². The molecule has 0 saturated carbocycles. The first-order valence-corrected chi connectivity index (χ1v) is 11.5. The largest absolute Gasteiger partial charge is 0.478 e. The van der Waals surface area contributed by atoms with E-state index in [4.69, 9.17) is 39.4 Å². The number of hydrogen-bond donors (Lipinski definition) is 4. The molecule has 0 fully saturated rings. The molecule has 0 radical (unpaired) electrons. The van der Waals surface area contributed by atoms with E-state index < -0.39 is 18.2 Å². The molecule has 216 valence electrons. The van der Waals surface area contributed by atoms with E-state index in [-0.39, 0.29) is 30.3 Å². The summed E-state index contributed by atoms with van der Waals surface area (Å²) >= 11 is 0. The van der Waals surface area contributed by atoms with E-state index in [9.17, 15) is 14.4 Å². The normalized spacial score (nSPS) is 10.1. The number of aliphatic carboxylic acids is 2. The topological polar surface area (TPSA) is 169 Å². The Morgan fingerprint density at radius 2 is 1.32 bits per heavy atom. The molecule has 0 aliphatic carbocycles. The van der Waals surface area contributed by atoms with Gasteiger partial charge >= 0.3 is 17.9 Å². The summed E-state index contributed by atoms with van der Waals surface area (Å²) in [4.78, 5) is 30.2. The maximum Gasteiger partial charge on any atom is 0.333 e. The minimum Gasteiger partial charge on any atom is -0.478 e. The second-order valence-electron chi connectivity index (χ2n) is 7.33. The molecule has 0 spiro atoms. The van der Waals surface area contributed by atoms with Gasteiger partial charge < -0.3 is 39.4 Å². The van der Waals surface area contributed by atoms with Crippen molar-refractivity contribution >= 4 is 17.9 Å². The summed E-state index contributed by atoms with van der Waals surface area (Å²) in [6.07, 6.45) is -0.858. The van der Waals surface area contributed by atoms with Crippen LogP contribution in [-0.2, 0) is 39.9 Å². The second-order valence-corrected chi connectivity index (χ2v) is 7.33. The van der Waals surface area contributed by atoms with Crippen LogP contribution in [0.3, 0.4) is 0 Å². The number of aliphatic hydroxyl groups excluding tert-OH is 2. The van der Waals surface area contributed by atoms with Crippen LogP contribution in [0, 0.1) is 0 Å². The third-order valence-corrected chi connectivity index (χ3v) is 3.52. The smallest absolute Gasteiger partial charge is 0.333 e. The molecule has 4 N–H and O–H groups in total. The molecule has 0 aliphatic rings. The first-order valence-electron chi connectivity index (χ1n) is 11.5. The van der Waals surface area contributed by atoms with Gasteiger partial charge in [0, 0.05) is 23.3 Å². The Bertz CT molecular complexity index is 772. The molecule has 1 aromatic carbocycles. The van der Waals surface area contributed by atoms with Crippen LogP contribution >= 0.6 is 0 Å². The van der Waals surface area contributed by atoms with Crippen molar-refractivity contribution < 1.29 is 53.8 Å². The van der Waals surface area contributed by atoms with E-state index >= 15 is 0 Å². The van der Waals surface area contributed by atoms with Crippen LogP contribution in [0.15, 0.2) is 66.8 Å². The predicted molar refractivity (Wildman–Crippen MR) is 142 cm³/mol. The van der Waals surface area contributed by atoms with Crippen molar-refractivity contribution in [3.63, 3.8) is 0 Å². The standard InChI is InChI=1S/C11H12O2.C8H18O5.2C4H6O2/c1-9(2)11(12)13-8-10-6-4-3-5-7-10;1-2-13-8(10)7-12-6-5-11-4-3-9;2*1-3(2)4(5)6/h3-7H,1,8H2,2H3;8-10H,2-7H2,1H3;2*1H2,2H3,(H,5,6). The fourth-order valence-electron chi connectivity index (χ4n) is 1.56. The number of aliphatic hydroxyl groups is 2. The molecule has 1 aromatic rings. The Labute approximate surface area is 224 Å². The van der Waals surface area contributed by atoms with Gasteiger partial charge in [-0.05, 0) is 33.3 Å². The van der Waals surface area contributed by atoms with E-state index in [2.05, 4.69) is 19.7 Å². The predicted octanol–water partition coefficient (Wildman–Crippen LogP) is 2.97. The molecule has 0 aliphatic heterocycles. The number of carboxylic acid groups (broad SMARTS) is 2. The summed E-state index contributed by atoms with van der Waals surface area (Å²) in [5.74, 6) is -2.21. The number of carbonyl (C=O) groups excluding carboxylic acids is 1. The molecule has 0 bridgehead atoms. The van der Waals surface area contributed by atoms with Crippen LogP contribution in [0.5, 0.6) is 0 Å². The number of hydrogen-bond acceptors (Lipinski definition) is 9. The van der Waals surface area contributed by atoms with Gasteiger partial charge in [0.1, 0.15) is 6.61 Å². The van der Waals surface area contributed by atoms with Crippen molar-refractivity contribution in [2.24, 2.45) is 0 Å². The number of carboxylic acids is 2. The lowest BCUT2D eigenvalue weighted by molar-refractivity contribution is -0.140. The quantitative estimate of drug-likeness (QED) is 0.118. The Kier molecular flexibility index (Phi) is 27.5. The van der Waals surface area contributed by atoms with Gasteiger partial charge in [-0.2, -0.15) is 0 Å². The van der Waals surface area contributed by atoms with Crippen molar-refractivity contribution in [2.45, 2.75) is 40.6 Å². The van der Waals surface area contributed by atoms with E-state index in [1.165, 1.54) is 13.8 Å². The molecule has 0 heterocycles. The van der Waals surface area contributed by atoms with E-state index in [0.29, 0.717) is 38.6 Å². The van der Waals surface area contributed by atoms with Gasteiger partial charge in [0.15, 0.2) is 6.29 Å². The molecule has 1 rings (SSSR count). The lowest BCUT2D eigenvalue weighted by Crippen LogP contribution is -2.20. The van der Waals surface area contributed by atoms with Crippen LogP contribution in [0.4, 0.5) is 0 Å². The van der Waals surface area contributed by atoms with Gasteiger partial charge in [0.2, 0.25) is 0 Å². The van der Waals surface area contributed by atoms with Gasteiger partial charge in [0.25, 0.3) is 0 Å². The summed E-state index contributed by atoms with van der Waals surface area (Å²) in [7, 11) is 0. The van der Waals surface area contributed by atoms with Crippen molar-refractivity contribution in [1.29, 1.82) is 0 Å². The van der Waals surface area contributed by atoms with E-state index in [1.807, 2.05) is 30.3 Å². The van der Waals surface area contributed by atoms with Crippen LogP contribution in [0.2, 0.25) is 0 Å². The fourth-order valence-corrected chi connectivity index (χ4v) is 1.56. The molecule has 0 amide bonds. The number of ether oxygens (including phenoxy) is 4. The number of esters is 1. The second kappa shape index (κ2) is 26.7. The number of benzene rings is 1. The third-order valence-electron chi connectivity index (χ3n) is 3.52. The Morgan fingerprint density at radius 3 is 1.71 bits per heavy atom. The van der Waals surface area contributed by atoms with Crippen molar-refractivity contribution in [3.05, 3.63) is 72.4 Å². The lowest BCUT2D eigenvalue weighted by Gasteiger charge is -2.10. The minimum atomic E-state index is -0.935. The molecule has 1 atom stereocenters. The SMILES string of the molecule is C=C(C)C(=O)O.C=C(C)C(=O)O.C=C(C)C(=O)OCc1ccccc1.CCOC(O)COCCOCCO. The minimum absolute atomic E-state index is 0.0154. The average molecular weight is 543 g/mol. The highest BCUT2D eigenvalue weighted by molar-refractivity contribution is 5.87. The maximum atomic E-state index is 11.0. The van der Waals surface area contributed by atoms with Crippen molar-refractivity contribution in [3.8, 4) is 0 Å². The van der Waals surface area contributed by atoms with Crippen LogP contribution in [-0.4, -0.2) is 84.3 Å². The monoisotopic (exact) mass is 542 g/mol. The first kappa shape index (κ1) is 39.2. The number of rotatable bonds is 14. The van der Waals surface area contributed by atoms with Gasteiger partial charge in [0.05, 0.1) is 33.0 Å². The highest BCUT2D eigenvalue weighted by Gasteiger charge is 2.02. The highest BCUT2D eigenvalue weighted by atomic mass is 16.6. The molecule has 0 aromatic heterocycles. The Hall–Kier alpha value is -3.35. The van der Waals surface area contributed by atoms with Gasteiger partial charge in [-0.1, -0.05) is 50.1 Å². The lowest BCUT2D eigenvalue weighted by atomic mass is 10.2. The maximum absolute atomic E-state index is 11.0.